The lowest BCUT2D eigenvalue weighted by atomic mass is 9.82. The summed E-state index contributed by atoms with van der Waals surface area (Å²) in [5, 5.41) is 2.56. The van der Waals surface area contributed by atoms with E-state index in [4.69, 9.17) is 0 Å². The van der Waals surface area contributed by atoms with Gasteiger partial charge in [0.2, 0.25) is 0 Å². The van der Waals surface area contributed by atoms with Gasteiger partial charge >= 0.3 is 0 Å². The second-order valence-corrected chi connectivity index (χ2v) is 14.5. The van der Waals surface area contributed by atoms with Crippen LogP contribution in [0.1, 0.15) is 41.7 Å². The van der Waals surface area contributed by atoms with E-state index in [2.05, 4.69) is 196 Å². The summed E-state index contributed by atoms with van der Waals surface area (Å²) in [6.07, 6.45) is 0. The van der Waals surface area contributed by atoms with Crippen LogP contribution < -0.4 is 4.90 Å². The third kappa shape index (κ3) is 4.78. The molecule has 0 radical (unpaired) electrons. The molecule has 2 nitrogen and oxygen atoms in total. The van der Waals surface area contributed by atoms with Crippen LogP contribution in [0.5, 0.6) is 0 Å². The quantitative estimate of drug-likeness (QED) is 0.181. The standard InChI is InChI=1S/C48H40N2/c1-31-10-18-36(19-11-31)49(39-24-25-45-41(30-39)40-8-6-7-9-44(40)48(45,4)5)37-22-15-34(16-23-37)35-17-27-47-43(29-35)42-28-33(3)14-26-46(42)50(47)38-20-12-32(2)13-21-38/h6-30H,1-5H3. The van der Waals surface area contributed by atoms with Gasteiger partial charge in [0.05, 0.1) is 11.0 Å². The Morgan fingerprint density at radius 1 is 0.440 bits per heavy atom. The van der Waals surface area contributed by atoms with Crippen molar-refractivity contribution in [3.05, 3.63) is 179 Å². The molecule has 1 aliphatic carbocycles. The zero-order valence-corrected chi connectivity index (χ0v) is 29.3. The molecule has 0 unspecified atom stereocenters. The number of rotatable bonds is 5. The second-order valence-electron chi connectivity index (χ2n) is 14.5. The maximum Gasteiger partial charge on any atom is 0.0541 e. The number of aromatic nitrogens is 1. The van der Waals surface area contributed by atoms with E-state index in [1.165, 1.54) is 77.6 Å². The first-order chi connectivity index (χ1) is 24.3. The lowest BCUT2D eigenvalue weighted by Crippen LogP contribution is -2.15. The molecule has 7 aromatic carbocycles. The van der Waals surface area contributed by atoms with Crippen LogP contribution in [-0.2, 0) is 5.41 Å². The summed E-state index contributed by atoms with van der Waals surface area (Å²) in [7, 11) is 0. The fourth-order valence-electron chi connectivity index (χ4n) is 8.08. The van der Waals surface area contributed by atoms with E-state index in [1.54, 1.807) is 0 Å². The molecule has 0 N–H and O–H groups in total. The molecule has 50 heavy (non-hydrogen) atoms. The van der Waals surface area contributed by atoms with E-state index in [9.17, 15) is 0 Å². The molecule has 0 aliphatic heterocycles. The predicted octanol–water partition coefficient (Wildman–Crippen LogP) is 13.2. The molecule has 0 saturated carbocycles. The normalized spacial score (nSPS) is 13.1. The molecule has 1 heterocycles. The number of benzene rings is 7. The van der Waals surface area contributed by atoms with Gasteiger partial charge in [-0.25, -0.2) is 0 Å². The van der Waals surface area contributed by atoms with E-state index in [0.717, 1.165) is 17.1 Å². The van der Waals surface area contributed by atoms with Crippen molar-refractivity contribution in [1.29, 1.82) is 0 Å². The first kappa shape index (κ1) is 30.2. The Balaban J connectivity index is 1.14. The van der Waals surface area contributed by atoms with Crippen LogP contribution in [0.25, 0.3) is 49.7 Å². The monoisotopic (exact) mass is 644 g/mol. The van der Waals surface area contributed by atoms with Crippen molar-refractivity contribution in [2.45, 2.75) is 40.0 Å². The summed E-state index contributed by atoms with van der Waals surface area (Å²) >= 11 is 0. The molecule has 242 valence electrons. The van der Waals surface area contributed by atoms with Crippen molar-refractivity contribution in [3.8, 4) is 27.9 Å². The van der Waals surface area contributed by atoms with E-state index in [1.807, 2.05) is 0 Å². The average molecular weight is 645 g/mol. The number of fused-ring (bicyclic) bond motifs is 6. The van der Waals surface area contributed by atoms with Crippen LogP contribution in [0.4, 0.5) is 17.1 Å². The highest BCUT2D eigenvalue weighted by atomic mass is 15.1. The molecule has 0 fully saturated rings. The number of aryl methyl sites for hydroxylation is 3. The molecular weight excluding hydrogens is 605 g/mol. The van der Waals surface area contributed by atoms with Crippen molar-refractivity contribution in [1.82, 2.24) is 4.57 Å². The van der Waals surface area contributed by atoms with Gasteiger partial charge in [0, 0.05) is 38.9 Å². The fraction of sp³-hybridized carbons (Fsp3) is 0.125. The SMILES string of the molecule is Cc1ccc(N(c2ccc(-c3ccc4c(c3)c3cc(C)ccc3n4-c3ccc(C)cc3)cc2)c2ccc3c(c2)-c2ccccc2C3(C)C)cc1. The van der Waals surface area contributed by atoms with Gasteiger partial charge in [-0.15, -0.1) is 0 Å². The number of nitrogens with zero attached hydrogens (tertiary/aromatic N) is 2. The van der Waals surface area contributed by atoms with E-state index >= 15 is 0 Å². The maximum absolute atomic E-state index is 2.39. The average Bonchev–Trinajstić information content (AvgIpc) is 3.57. The summed E-state index contributed by atoms with van der Waals surface area (Å²) in [6.45, 7) is 11.1. The minimum Gasteiger partial charge on any atom is -0.310 e. The summed E-state index contributed by atoms with van der Waals surface area (Å²) in [5.41, 5.74) is 18.7. The minimum absolute atomic E-state index is 0.0208. The number of anilines is 3. The van der Waals surface area contributed by atoms with Gasteiger partial charge in [0.25, 0.3) is 0 Å². The van der Waals surface area contributed by atoms with Crippen LogP contribution in [0.15, 0.2) is 152 Å². The summed E-state index contributed by atoms with van der Waals surface area (Å²) in [6, 6.07) is 56.4. The Morgan fingerprint density at radius 3 is 1.70 bits per heavy atom. The zero-order valence-electron chi connectivity index (χ0n) is 29.3. The molecule has 0 atom stereocenters. The van der Waals surface area contributed by atoms with Gasteiger partial charge in [-0.2, -0.15) is 0 Å². The lowest BCUT2D eigenvalue weighted by Gasteiger charge is -2.27. The molecule has 1 aromatic heterocycles. The topological polar surface area (TPSA) is 8.17 Å². The van der Waals surface area contributed by atoms with Crippen LogP contribution in [0.3, 0.4) is 0 Å². The second kappa shape index (κ2) is 11.4. The van der Waals surface area contributed by atoms with Crippen molar-refractivity contribution in [2.24, 2.45) is 0 Å². The van der Waals surface area contributed by atoms with Gasteiger partial charge in [0.1, 0.15) is 0 Å². The highest BCUT2D eigenvalue weighted by Crippen LogP contribution is 2.50. The maximum atomic E-state index is 2.39. The van der Waals surface area contributed by atoms with Crippen molar-refractivity contribution < 1.29 is 0 Å². The minimum atomic E-state index is -0.0208. The van der Waals surface area contributed by atoms with Gasteiger partial charge < -0.3 is 9.47 Å². The molecule has 0 saturated heterocycles. The third-order valence-electron chi connectivity index (χ3n) is 10.8. The molecule has 8 aromatic rings. The fourth-order valence-corrected chi connectivity index (χ4v) is 8.08. The van der Waals surface area contributed by atoms with Crippen LogP contribution in [0, 0.1) is 20.8 Å². The molecule has 0 amide bonds. The molecule has 0 spiro atoms. The Labute approximate surface area is 294 Å². The smallest absolute Gasteiger partial charge is 0.0541 e. The van der Waals surface area contributed by atoms with E-state index in [-0.39, 0.29) is 5.41 Å². The van der Waals surface area contributed by atoms with Crippen molar-refractivity contribution >= 4 is 38.9 Å². The van der Waals surface area contributed by atoms with Crippen LogP contribution >= 0.6 is 0 Å². The molecule has 2 heteroatoms. The Hall–Kier alpha value is -5.86. The summed E-state index contributed by atoms with van der Waals surface area (Å²) in [4.78, 5) is 2.39. The molecular formula is C48H40N2. The Bertz CT molecular complexity index is 2570. The summed E-state index contributed by atoms with van der Waals surface area (Å²) in [5.74, 6) is 0. The van der Waals surface area contributed by atoms with Crippen molar-refractivity contribution in [3.63, 3.8) is 0 Å². The molecule has 0 bridgehead atoms. The molecule has 1 aliphatic rings. The predicted molar refractivity (Wildman–Crippen MR) is 213 cm³/mol. The van der Waals surface area contributed by atoms with E-state index in [0.29, 0.717) is 0 Å². The van der Waals surface area contributed by atoms with Crippen LogP contribution in [0.2, 0.25) is 0 Å². The Kier molecular flexibility index (Phi) is 6.86. The highest BCUT2D eigenvalue weighted by Gasteiger charge is 2.35. The number of hydrogen-bond donors (Lipinski definition) is 0. The number of hydrogen-bond acceptors (Lipinski definition) is 1. The first-order valence-electron chi connectivity index (χ1n) is 17.6. The van der Waals surface area contributed by atoms with Gasteiger partial charge in [-0.05, 0) is 127 Å². The highest BCUT2D eigenvalue weighted by molar-refractivity contribution is 6.10. The summed E-state index contributed by atoms with van der Waals surface area (Å²) < 4.78 is 2.39. The van der Waals surface area contributed by atoms with Gasteiger partial charge in [-0.3, -0.25) is 0 Å². The Morgan fingerprint density at radius 2 is 0.980 bits per heavy atom. The van der Waals surface area contributed by atoms with E-state index < -0.39 is 0 Å². The third-order valence-corrected chi connectivity index (χ3v) is 10.8. The molecule has 9 rings (SSSR count). The zero-order chi connectivity index (χ0) is 34.1. The lowest BCUT2D eigenvalue weighted by molar-refractivity contribution is 0.660. The van der Waals surface area contributed by atoms with Crippen LogP contribution in [-0.4, -0.2) is 4.57 Å². The largest absolute Gasteiger partial charge is 0.310 e. The first-order valence-corrected chi connectivity index (χ1v) is 17.6. The van der Waals surface area contributed by atoms with Gasteiger partial charge in [0.15, 0.2) is 0 Å². The van der Waals surface area contributed by atoms with Gasteiger partial charge in [-0.1, -0.05) is 109 Å². The van der Waals surface area contributed by atoms with Crippen molar-refractivity contribution in [2.75, 3.05) is 4.90 Å².